The molecule has 19 heavy (non-hydrogen) atoms. The highest BCUT2D eigenvalue weighted by Gasteiger charge is 2.55. The van der Waals surface area contributed by atoms with Gasteiger partial charge in [0.1, 0.15) is 5.69 Å². The van der Waals surface area contributed by atoms with Gasteiger partial charge in [0.2, 0.25) is 0 Å². The lowest BCUT2D eigenvalue weighted by Gasteiger charge is -2.45. The minimum atomic E-state index is 0.000370. The number of anilines is 1. The topological polar surface area (TPSA) is 6.25 Å². The first kappa shape index (κ1) is 12.2. The number of hydrazine groups is 1. The standard InChI is InChI=1S/C17H21N2/c1-16(2)14-10-6-7-11-15(14)18-12-8-5-9-13-19(18)17(16,3)4/h5-13H,1-4H3/q+1. The zero-order valence-corrected chi connectivity index (χ0v) is 12.1. The molecule has 0 spiro atoms. The quantitative estimate of drug-likeness (QED) is 0.640. The first-order valence-corrected chi connectivity index (χ1v) is 6.82. The second kappa shape index (κ2) is 3.83. The number of rotatable bonds is 0. The molecule has 0 atom stereocenters. The number of hydrogen-bond acceptors (Lipinski definition) is 1. The number of hydrazone groups is 1. The Bertz CT molecular complexity index is 603. The molecule has 3 rings (SSSR count). The van der Waals surface area contributed by atoms with Crippen molar-refractivity contribution in [1.29, 1.82) is 0 Å². The molecule has 2 aliphatic heterocycles. The molecule has 0 fully saturated rings. The van der Waals surface area contributed by atoms with Crippen LogP contribution in [0.25, 0.3) is 0 Å². The van der Waals surface area contributed by atoms with Gasteiger partial charge in [-0.05, 0) is 31.6 Å². The first-order chi connectivity index (χ1) is 8.96. The van der Waals surface area contributed by atoms with E-state index in [1.807, 2.05) is 0 Å². The minimum absolute atomic E-state index is 0.000370. The third kappa shape index (κ3) is 1.52. The van der Waals surface area contributed by atoms with Crippen molar-refractivity contribution in [3.8, 4) is 0 Å². The van der Waals surface area contributed by atoms with Crippen LogP contribution in [0.3, 0.4) is 0 Å². The van der Waals surface area contributed by atoms with E-state index >= 15 is 0 Å². The zero-order valence-electron chi connectivity index (χ0n) is 12.1. The fourth-order valence-corrected chi connectivity index (χ4v) is 2.94. The highest BCUT2D eigenvalue weighted by Crippen LogP contribution is 2.46. The Balaban J connectivity index is 2.34. The maximum Gasteiger partial charge on any atom is 0.195 e. The minimum Gasteiger partial charge on any atom is -0.128 e. The maximum atomic E-state index is 2.33. The summed E-state index contributed by atoms with van der Waals surface area (Å²) in [6.07, 6.45) is 10.6. The maximum absolute atomic E-state index is 2.33. The average Bonchev–Trinajstić information content (AvgIpc) is 2.63. The van der Waals surface area contributed by atoms with Crippen LogP contribution in [0.15, 0.2) is 48.7 Å². The van der Waals surface area contributed by atoms with Crippen molar-refractivity contribution in [3.05, 3.63) is 54.3 Å². The van der Waals surface area contributed by atoms with Crippen LogP contribution in [0.5, 0.6) is 0 Å². The third-order valence-electron chi connectivity index (χ3n) is 4.84. The largest absolute Gasteiger partial charge is 0.195 e. The third-order valence-corrected chi connectivity index (χ3v) is 4.84. The van der Waals surface area contributed by atoms with E-state index in [9.17, 15) is 0 Å². The summed E-state index contributed by atoms with van der Waals surface area (Å²) in [5.41, 5.74) is 2.74. The second-order valence-electron chi connectivity index (χ2n) is 6.27. The van der Waals surface area contributed by atoms with Crippen molar-refractivity contribution >= 4 is 11.9 Å². The highest BCUT2D eigenvalue weighted by atomic mass is 15.6. The summed E-state index contributed by atoms with van der Waals surface area (Å²) in [7, 11) is 0. The van der Waals surface area contributed by atoms with Gasteiger partial charge in [-0.3, -0.25) is 0 Å². The molecular weight excluding hydrogens is 232 g/mol. The van der Waals surface area contributed by atoms with Gasteiger partial charge in [-0.15, -0.1) is 9.69 Å². The van der Waals surface area contributed by atoms with Crippen LogP contribution >= 0.6 is 0 Å². The molecule has 0 aliphatic carbocycles. The number of benzene rings is 1. The van der Waals surface area contributed by atoms with Crippen molar-refractivity contribution < 1.29 is 4.68 Å². The lowest BCUT2D eigenvalue weighted by Crippen LogP contribution is -2.60. The summed E-state index contributed by atoms with van der Waals surface area (Å²) in [4.78, 5) is 0. The predicted molar refractivity (Wildman–Crippen MR) is 80.6 cm³/mol. The van der Waals surface area contributed by atoms with Gasteiger partial charge in [0, 0.05) is 19.9 Å². The molecule has 2 heteroatoms. The van der Waals surface area contributed by atoms with E-state index < -0.39 is 0 Å². The molecule has 2 nitrogen and oxygen atoms in total. The molecule has 2 heterocycles. The van der Waals surface area contributed by atoms with Gasteiger partial charge in [0.25, 0.3) is 0 Å². The molecule has 0 saturated carbocycles. The van der Waals surface area contributed by atoms with Crippen LogP contribution in [0.2, 0.25) is 0 Å². The molecule has 0 saturated heterocycles. The molecule has 2 aliphatic rings. The van der Waals surface area contributed by atoms with E-state index in [-0.39, 0.29) is 11.0 Å². The van der Waals surface area contributed by atoms with Crippen molar-refractivity contribution in [2.45, 2.75) is 38.6 Å². The number of fused-ring (bicyclic) bond motifs is 3. The van der Waals surface area contributed by atoms with Gasteiger partial charge in [-0.1, -0.05) is 24.3 Å². The van der Waals surface area contributed by atoms with E-state index in [1.54, 1.807) is 0 Å². The molecule has 1 aromatic rings. The van der Waals surface area contributed by atoms with E-state index in [0.717, 1.165) is 0 Å². The first-order valence-electron chi connectivity index (χ1n) is 6.82. The highest BCUT2D eigenvalue weighted by molar-refractivity contribution is 5.70. The number of para-hydroxylation sites is 1. The van der Waals surface area contributed by atoms with Crippen LogP contribution in [0.4, 0.5) is 5.69 Å². The molecule has 0 unspecified atom stereocenters. The zero-order chi connectivity index (χ0) is 13.7. The Morgan fingerprint density at radius 2 is 1.68 bits per heavy atom. The summed E-state index contributed by atoms with van der Waals surface area (Å²) in [5.74, 6) is 0. The Kier molecular flexibility index (Phi) is 2.46. The molecule has 0 amide bonds. The Morgan fingerprint density at radius 3 is 2.47 bits per heavy atom. The Morgan fingerprint density at radius 1 is 0.947 bits per heavy atom. The van der Waals surface area contributed by atoms with Crippen LogP contribution < -0.4 is 5.01 Å². The fraction of sp³-hybridized carbons (Fsp3) is 0.353. The van der Waals surface area contributed by atoms with Crippen molar-refractivity contribution in [1.82, 2.24) is 0 Å². The van der Waals surface area contributed by atoms with Crippen molar-refractivity contribution in [3.63, 3.8) is 0 Å². The van der Waals surface area contributed by atoms with Gasteiger partial charge in [-0.2, -0.15) is 0 Å². The van der Waals surface area contributed by atoms with E-state index in [4.69, 9.17) is 0 Å². The smallest absolute Gasteiger partial charge is 0.128 e. The molecule has 0 aromatic heterocycles. The van der Waals surface area contributed by atoms with Crippen LogP contribution in [0.1, 0.15) is 33.3 Å². The van der Waals surface area contributed by atoms with Gasteiger partial charge in [-0.25, -0.2) is 0 Å². The van der Waals surface area contributed by atoms with Crippen molar-refractivity contribution in [2.24, 2.45) is 0 Å². The van der Waals surface area contributed by atoms with Crippen LogP contribution in [-0.2, 0) is 5.41 Å². The molecule has 0 radical (unpaired) electrons. The molecule has 98 valence electrons. The van der Waals surface area contributed by atoms with Gasteiger partial charge in [0.15, 0.2) is 11.8 Å². The molecular formula is C17H21N2+. The van der Waals surface area contributed by atoms with Gasteiger partial charge in [0.05, 0.1) is 11.6 Å². The lowest BCUT2D eigenvalue weighted by molar-refractivity contribution is -0.617. The Labute approximate surface area is 115 Å². The van der Waals surface area contributed by atoms with Crippen LogP contribution in [0, 0.1) is 0 Å². The summed E-state index contributed by atoms with van der Waals surface area (Å²) in [6.45, 7) is 9.27. The number of allylic oxidation sites excluding steroid dienone is 3. The summed E-state index contributed by atoms with van der Waals surface area (Å²) in [5, 5.41) is 2.25. The average molecular weight is 253 g/mol. The van der Waals surface area contributed by atoms with Gasteiger partial charge < -0.3 is 0 Å². The lowest BCUT2D eigenvalue weighted by atomic mass is 9.68. The van der Waals surface area contributed by atoms with E-state index in [0.29, 0.717) is 0 Å². The monoisotopic (exact) mass is 253 g/mol. The normalized spacial score (nSPS) is 22.3. The Hall–Kier alpha value is -1.83. The molecule has 0 bridgehead atoms. The molecule has 1 aromatic carbocycles. The fourth-order valence-electron chi connectivity index (χ4n) is 2.94. The van der Waals surface area contributed by atoms with Crippen LogP contribution in [-0.4, -0.2) is 16.4 Å². The summed E-state index contributed by atoms with van der Waals surface area (Å²) >= 11 is 0. The molecule has 0 N–H and O–H groups in total. The SMILES string of the molecule is CC1(C)c2ccccc2N2C=CC=CC=[N+]2C1(C)C. The number of hydrogen-bond donors (Lipinski definition) is 0. The summed E-state index contributed by atoms with van der Waals surface area (Å²) < 4.78 is 2.33. The summed E-state index contributed by atoms with van der Waals surface area (Å²) in [6, 6.07) is 8.69. The van der Waals surface area contributed by atoms with E-state index in [1.165, 1.54) is 11.3 Å². The second-order valence-corrected chi connectivity index (χ2v) is 6.27. The number of nitrogens with zero attached hydrogens (tertiary/aromatic N) is 2. The van der Waals surface area contributed by atoms with Gasteiger partial charge >= 0.3 is 0 Å². The predicted octanol–water partition coefficient (Wildman–Crippen LogP) is 3.64. The van der Waals surface area contributed by atoms with E-state index in [2.05, 4.69) is 92.3 Å². The van der Waals surface area contributed by atoms with Crippen molar-refractivity contribution in [2.75, 3.05) is 5.01 Å².